The summed E-state index contributed by atoms with van der Waals surface area (Å²) in [5.41, 5.74) is 2.73. The van der Waals surface area contributed by atoms with Crippen molar-refractivity contribution in [2.45, 2.75) is 104 Å². The van der Waals surface area contributed by atoms with Crippen molar-refractivity contribution in [1.82, 2.24) is 14.8 Å². The van der Waals surface area contributed by atoms with Gasteiger partial charge in [0, 0.05) is 41.6 Å². The van der Waals surface area contributed by atoms with Crippen LogP contribution in [0.5, 0.6) is 5.75 Å². The molecular weight excluding hydrogens is 490 g/mol. The van der Waals surface area contributed by atoms with Gasteiger partial charge >= 0.3 is 0 Å². The quantitative estimate of drug-likeness (QED) is 0.507. The summed E-state index contributed by atoms with van der Waals surface area (Å²) in [4.78, 5) is 41.6. The number of piperidine rings is 1. The summed E-state index contributed by atoms with van der Waals surface area (Å²) in [6.45, 7) is 10.3. The lowest BCUT2D eigenvalue weighted by atomic mass is 9.96. The minimum atomic E-state index is -0.341. The van der Waals surface area contributed by atoms with Crippen LogP contribution in [-0.4, -0.2) is 58.7 Å². The van der Waals surface area contributed by atoms with Crippen LogP contribution in [0.2, 0.25) is 0 Å². The zero-order valence-corrected chi connectivity index (χ0v) is 24.2. The number of ether oxygens (including phenoxy) is 1. The maximum Gasteiger partial charge on any atom is 0.243 e. The molecule has 7 heteroatoms. The number of aryl methyl sites for hydroxylation is 1. The van der Waals surface area contributed by atoms with Gasteiger partial charge in [-0.25, -0.2) is 0 Å². The monoisotopic (exact) mass is 535 g/mol. The van der Waals surface area contributed by atoms with Crippen LogP contribution in [0.3, 0.4) is 0 Å². The van der Waals surface area contributed by atoms with Crippen LogP contribution in [0.4, 0.5) is 0 Å². The van der Waals surface area contributed by atoms with E-state index in [1.54, 1.807) is 6.92 Å². The third kappa shape index (κ3) is 5.65. The van der Waals surface area contributed by atoms with Crippen molar-refractivity contribution in [2.24, 2.45) is 11.3 Å². The Morgan fingerprint density at radius 3 is 2.64 bits per heavy atom. The van der Waals surface area contributed by atoms with E-state index in [1.807, 2.05) is 28.7 Å². The van der Waals surface area contributed by atoms with Gasteiger partial charge in [0.05, 0.1) is 18.2 Å². The highest BCUT2D eigenvalue weighted by atomic mass is 16.5. The van der Waals surface area contributed by atoms with Crippen LogP contribution >= 0.6 is 0 Å². The fraction of sp³-hybridized carbons (Fsp3) is 0.656. The lowest BCUT2D eigenvalue weighted by Crippen LogP contribution is -2.44. The average Bonchev–Trinajstić information content (AvgIpc) is 3.31. The summed E-state index contributed by atoms with van der Waals surface area (Å²) in [5.74, 6) is 1.29. The van der Waals surface area contributed by atoms with E-state index in [0.717, 1.165) is 73.8 Å². The van der Waals surface area contributed by atoms with E-state index >= 15 is 0 Å². The van der Waals surface area contributed by atoms with Crippen LogP contribution in [-0.2, 0) is 22.6 Å². The lowest BCUT2D eigenvalue weighted by molar-refractivity contribution is -0.139. The maximum atomic E-state index is 14.0. The van der Waals surface area contributed by atoms with E-state index in [-0.39, 0.29) is 41.5 Å². The van der Waals surface area contributed by atoms with Crippen molar-refractivity contribution < 1.29 is 19.1 Å². The van der Waals surface area contributed by atoms with Gasteiger partial charge in [0.15, 0.2) is 11.6 Å². The second-order valence-electron chi connectivity index (χ2n) is 12.5. The molecule has 1 aromatic heterocycles. The fourth-order valence-electron chi connectivity index (χ4n) is 6.86. The van der Waals surface area contributed by atoms with Crippen LogP contribution in [0.25, 0.3) is 10.9 Å². The molecule has 1 saturated carbocycles. The minimum Gasteiger partial charge on any atom is -0.493 e. The molecule has 39 heavy (non-hydrogen) atoms. The van der Waals surface area contributed by atoms with Gasteiger partial charge in [0.25, 0.3) is 0 Å². The second kappa shape index (κ2) is 11.4. The van der Waals surface area contributed by atoms with Crippen molar-refractivity contribution in [1.29, 1.82) is 0 Å². The molecule has 1 aromatic carbocycles. The van der Waals surface area contributed by atoms with Crippen LogP contribution in [0.15, 0.2) is 18.3 Å². The zero-order valence-electron chi connectivity index (χ0n) is 24.2. The van der Waals surface area contributed by atoms with Gasteiger partial charge in [-0.1, -0.05) is 40.0 Å². The Labute approximate surface area is 232 Å². The first-order valence-corrected chi connectivity index (χ1v) is 15.1. The molecule has 1 amide bonds. The topological polar surface area (TPSA) is 80.6 Å². The number of rotatable bonds is 6. The average molecular weight is 536 g/mol. The van der Waals surface area contributed by atoms with Crippen LogP contribution < -0.4 is 10.1 Å². The fourth-order valence-corrected chi connectivity index (χ4v) is 6.86. The Kier molecular flexibility index (Phi) is 8.18. The van der Waals surface area contributed by atoms with E-state index in [4.69, 9.17) is 4.74 Å². The molecule has 3 heterocycles. The van der Waals surface area contributed by atoms with Gasteiger partial charge in [-0.05, 0) is 69.2 Å². The van der Waals surface area contributed by atoms with Gasteiger partial charge in [0.1, 0.15) is 12.3 Å². The van der Waals surface area contributed by atoms with Gasteiger partial charge in [0.2, 0.25) is 5.91 Å². The highest BCUT2D eigenvalue weighted by molar-refractivity contribution is 6.08. The first kappa shape index (κ1) is 27.9. The molecule has 0 radical (unpaired) electrons. The number of hydrogen-bond acceptors (Lipinski definition) is 5. The van der Waals surface area contributed by atoms with Gasteiger partial charge < -0.3 is 19.5 Å². The van der Waals surface area contributed by atoms with E-state index in [2.05, 4.69) is 25.2 Å². The highest BCUT2D eigenvalue weighted by Crippen LogP contribution is 2.59. The molecule has 1 N–H and O–H groups in total. The van der Waals surface area contributed by atoms with Crippen LogP contribution in [0, 0.1) is 11.3 Å². The number of benzene rings is 1. The molecule has 3 aliphatic rings. The van der Waals surface area contributed by atoms with Crippen molar-refractivity contribution in [3.8, 4) is 5.75 Å². The van der Waals surface area contributed by atoms with Crippen molar-refractivity contribution in [3.63, 3.8) is 0 Å². The molecular formula is C32H45N3O4. The molecule has 1 saturated heterocycles. The third-order valence-electron chi connectivity index (χ3n) is 9.00. The van der Waals surface area contributed by atoms with Gasteiger partial charge in [-0.15, -0.1) is 0 Å². The molecule has 2 bridgehead atoms. The Hall–Kier alpha value is -2.67. The molecule has 0 spiro atoms. The second-order valence-corrected chi connectivity index (χ2v) is 12.5. The summed E-state index contributed by atoms with van der Waals surface area (Å²) < 4.78 is 8.11. The van der Waals surface area contributed by atoms with Crippen molar-refractivity contribution >= 4 is 28.4 Å². The number of carbonyl (C=O) groups is 3. The number of Topliss-reactive ketones (excluding diaryl/α,β-unsaturated/α-hetero) is 2. The SMILES string of the molecule is CCC(=O)[C@@H]1C[C@]23CNCCCCCCCc4cc(OCC(C)C)cc5c(C(C)=O)cn(c45)CC(=O)N1[C@@H]2C3. The molecule has 212 valence electrons. The lowest BCUT2D eigenvalue weighted by Gasteiger charge is -2.27. The van der Waals surface area contributed by atoms with E-state index in [1.165, 1.54) is 12.8 Å². The number of hydrogen-bond donors (Lipinski definition) is 1. The molecule has 1 aliphatic carbocycles. The number of ketones is 2. The number of amides is 1. The largest absolute Gasteiger partial charge is 0.493 e. The Bertz CT molecular complexity index is 1250. The number of carbonyl (C=O) groups excluding carboxylic acids is 3. The van der Waals surface area contributed by atoms with E-state index < -0.39 is 0 Å². The van der Waals surface area contributed by atoms with E-state index in [9.17, 15) is 14.4 Å². The molecule has 2 fully saturated rings. The normalized spacial score (nSPS) is 26.0. The maximum absolute atomic E-state index is 14.0. The first-order chi connectivity index (χ1) is 18.7. The molecule has 2 aromatic rings. The molecule has 3 atom stereocenters. The molecule has 0 unspecified atom stereocenters. The first-order valence-electron chi connectivity index (χ1n) is 15.1. The number of nitrogens with zero attached hydrogens (tertiary/aromatic N) is 2. The predicted molar refractivity (Wildman–Crippen MR) is 153 cm³/mol. The summed E-state index contributed by atoms with van der Waals surface area (Å²) in [6.07, 6.45) is 10.6. The molecule has 7 nitrogen and oxygen atoms in total. The number of aromatic nitrogens is 1. The summed E-state index contributed by atoms with van der Waals surface area (Å²) in [5, 5.41) is 4.51. The Morgan fingerprint density at radius 2 is 1.90 bits per heavy atom. The number of nitrogens with one attached hydrogen (secondary N) is 1. The summed E-state index contributed by atoms with van der Waals surface area (Å²) >= 11 is 0. The highest BCUT2D eigenvalue weighted by Gasteiger charge is 2.66. The standard InChI is InChI=1S/C32H45N3O4/c1-5-28(37)27-15-32-16-29(32)35(27)30(38)18-34-17-26(22(4)36)25-14-24(39-19-21(2)3)13-23(31(25)34)11-9-7-6-8-10-12-33-20-32/h13-14,17,21,27,29,33H,5-12,15-16,18-20H2,1-4H3/t27-,29+,32-/m0/s1. The predicted octanol–water partition coefficient (Wildman–Crippen LogP) is 5.31. The van der Waals surface area contributed by atoms with Crippen molar-refractivity contribution in [2.75, 3.05) is 19.7 Å². The summed E-state index contributed by atoms with van der Waals surface area (Å²) in [7, 11) is 0. The van der Waals surface area contributed by atoms with Gasteiger partial charge in [-0.3, -0.25) is 14.4 Å². The van der Waals surface area contributed by atoms with Gasteiger partial charge in [-0.2, -0.15) is 0 Å². The zero-order chi connectivity index (χ0) is 27.7. The van der Waals surface area contributed by atoms with E-state index in [0.29, 0.717) is 24.5 Å². The van der Waals surface area contributed by atoms with Crippen LogP contribution in [0.1, 0.15) is 95.0 Å². The van der Waals surface area contributed by atoms with Crippen molar-refractivity contribution in [3.05, 3.63) is 29.5 Å². The summed E-state index contributed by atoms with van der Waals surface area (Å²) in [6, 6.07) is 3.86. The Balaban J connectivity index is 1.55. The smallest absolute Gasteiger partial charge is 0.243 e. The molecule has 5 rings (SSSR count). The molecule has 2 aliphatic heterocycles. The minimum absolute atomic E-state index is 0.0198. The Morgan fingerprint density at radius 1 is 1.13 bits per heavy atom. The third-order valence-corrected chi connectivity index (χ3v) is 9.00.